The van der Waals surface area contributed by atoms with E-state index in [0.29, 0.717) is 29.1 Å². The smallest absolute Gasteiger partial charge is 0.253 e. The van der Waals surface area contributed by atoms with E-state index in [-0.39, 0.29) is 12.5 Å². The normalized spacial score (nSPS) is 26.5. The zero-order chi connectivity index (χ0) is 19.6. The summed E-state index contributed by atoms with van der Waals surface area (Å²) >= 11 is 0. The zero-order valence-corrected chi connectivity index (χ0v) is 16.8. The fourth-order valence-electron chi connectivity index (χ4n) is 4.70. The number of ether oxygens (including phenoxy) is 2. The molecule has 5 nitrogen and oxygen atoms in total. The molecule has 3 rings (SSSR count). The first-order valence-electron chi connectivity index (χ1n) is 9.62. The molecule has 0 aromatic heterocycles. The molecule has 146 valence electrons. The number of amides is 1. The summed E-state index contributed by atoms with van der Waals surface area (Å²) in [6.07, 6.45) is 9.99. The lowest BCUT2D eigenvalue weighted by molar-refractivity contribution is 0.0725. The third-order valence-corrected chi connectivity index (χ3v) is 6.29. The lowest BCUT2D eigenvalue weighted by Crippen LogP contribution is -2.36. The molecule has 1 aromatic rings. The Balaban J connectivity index is 1.67. The molecule has 5 heteroatoms. The minimum absolute atomic E-state index is 0.0253. The monoisotopic (exact) mass is 370 g/mol. The van der Waals surface area contributed by atoms with Crippen LogP contribution in [0.1, 0.15) is 36.0 Å². The fraction of sp³-hybridized carbons (Fsp3) is 0.591. The van der Waals surface area contributed by atoms with Crippen LogP contribution >= 0.6 is 0 Å². The minimum atomic E-state index is 0.0253. The number of benzene rings is 1. The third-order valence-electron chi connectivity index (χ3n) is 6.29. The quantitative estimate of drug-likeness (QED) is 0.722. The highest BCUT2D eigenvalue weighted by molar-refractivity contribution is 5.95. The standard InChI is InChI=1S/C22H30N2O3/c1-6-9-27-21-14-15(7-8-20(21)26-5)22(25)24(4)19-12-16-10-18(23(2)3)11-17(16)13-19/h1,7-8,14,16-19H,9-13H2,2-5H3/t16-,17+,18?,19?. The Hall–Kier alpha value is -2.19. The van der Waals surface area contributed by atoms with Crippen LogP contribution < -0.4 is 9.47 Å². The van der Waals surface area contributed by atoms with Gasteiger partial charge in [-0.3, -0.25) is 4.79 Å². The molecule has 2 unspecified atom stereocenters. The van der Waals surface area contributed by atoms with Gasteiger partial charge in [0.15, 0.2) is 11.5 Å². The maximum atomic E-state index is 13.0. The van der Waals surface area contributed by atoms with Crippen molar-refractivity contribution in [3.8, 4) is 23.8 Å². The number of hydrogen-bond donors (Lipinski definition) is 0. The number of fused-ring (bicyclic) bond motifs is 1. The molecule has 2 aliphatic rings. The lowest BCUT2D eigenvalue weighted by atomic mass is 10.0. The number of nitrogens with zero attached hydrogens (tertiary/aromatic N) is 2. The molecule has 1 aromatic carbocycles. The summed E-state index contributed by atoms with van der Waals surface area (Å²) < 4.78 is 10.8. The van der Waals surface area contributed by atoms with Gasteiger partial charge in [0.25, 0.3) is 5.91 Å². The van der Waals surface area contributed by atoms with E-state index in [9.17, 15) is 4.79 Å². The van der Waals surface area contributed by atoms with E-state index in [4.69, 9.17) is 15.9 Å². The molecule has 0 heterocycles. The SMILES string of the molecule is C#CCOc1cc(C(=O)N(C)C2C[C@H]3CC(N(C)C)C[C@H]3C2)ccc1OC. The van der Waals surface area contributed by atoms with Crippen LogP contribution in [0.15, 0.2) is 18.2 Å². The lowest BCUT2D eigenvalue weighted by Gasteiger charge is -2.27. The second-order valence-electron chi connectivity index (χ2n) is 8.01. The Kier molecular flexibility index (Phi) is 5.96. The summed E-state index contributed by atoms with van der Waals surface area (Å²) in [4.78, 5) is 17.3. The molecule has 0 N–H and O–H groups in total. The predicted molar refractivity (Wildman–Crippen MR) is 106 cm³/mol. The molecule has 0 spiro atoms. The summed E-state index contributed by atoms with van der Waals surface area (Å²) in [5.74, 6) is 5.03. The zero-order valence-electron chi connectivity index (χ0n) is 16.8. The van der Waals surface area contributed by atoms with Crippen LogP contribution in [0.4, 0.5) is 0 Å². The van der Waals surface area contributed by atoms with Crippen LogP contribution in [0.3, 0.4) is 0 Å². The van der Waals surface area contributed by atoms with E-state index < -0.39 is 0 Å². The maximum Gasteiger partial charge on any atom is 0.253 e. The van der Waals surface area contributed by atoms with Gasteiger partial charge in [-0.1, -0.05) is 5.92 Å². The minimum Gasteiger partial charge on any atom is -0.493 e. The van der Waals surface area contributed by atoms with Crippen molar-refractivity contribution in [2.24, 2.45) is 11.8 Å². The Bertz CT molecular complexity index is 711. The highest BCUT2D eigenvalue weighted by Gasteiger charge is 2.44. The molecule has 1 amide bonds. The summed E-state index contributed by atoms with van der Waals surface area (Å²) in [5.41, 5.74) is 0.605. The van der Waals surface area contributed by atoms with Crippen molar-refractivity contribution in [1.29, 1.82) is 0 Å². The molecule has 2 aliphatic carbocycles. The van der Waals surface area contributed by atoms with Crippen LogP contribution in [0, 0.1) is 24.2 Å². The van der Waals surface area contributed by atoms with Crippen LogP contribution in [0.5, 0.6) is 11.5 Å². The molecule has 4 atom stereocenters. The first kappa shape index (κ1) is 19.6. The largest absolute Gasteiger partial charge is 0.493 e. The van der Waals surface area contributed by atoms with Gasteiger partial charge in [-0.15, -0.1) is 6.42 Å². The van der Waals surface area contributed by atoms with Gasteiger partial charge in [0, 0.05) is 24.7 Å². The van der Waals surface area contributed by atoms with Gasteiger partial charge >= 0.3 is 0 Å². The van der Waals surface area contributed by atoms with Crippen molar-refractivity contribution in [3.05, 3.63) is 23.8 Å². The molecule has 0 aliphatic heterocycles. The number of methoxy groups -OCH3 is 1. The summed E-state index contributed by atoms with van der Waals surface area (Å²) in [6.45, 7) is 0.142. The molecular weight excluding hydrogens is 340 g/mol. The number of rotatable bonds is 6. The van der Waals surface area contributed by atoms with Gasteiger partial charge < -0.3 is 19.3 Å². The van der Waals surface area contributed by atoms with Crippen LogP contribution in [-0.2, 0) is 0 Å². The topological polar surface area (TPSA) is 42.0 Å². The van der Waals surface area contributed by atoms with Gasteiger partial charge in [-0.2, -0.15) is 0 Å². The van der Waals surface area contributed by atoms with E-state index in [1.54, 1.807) is 25.3 Å². The van der Waals surface area contributed by atoms with E-state index in [0.717, 1.165) is 24.7 Å². The second-order valence-corrected chi connectivity index (χ2v) is 8.01. The van der Waals surface area contributed by atoms with Gasteiger partial charge in [0.1, 0.15) is 6.61 Å². The average Bonchev–Trinajstić information content (AvgIpc) is 3.24. The van der Waals surface area contributed by atoms with Gasteiger partial charge in [0.05, 0.1) is 7.11 Å². The first-order chi connectivity index (χ1) is 12.9. The Morgan fingerprint density at radius 2 is 1.74 bits per heavy atom. The van der Waals surface area contributed by atoms with Gasteiger partial charge in [0.2, 0.25) is 0 Å². The van der Waals surface area contributed by atoms with E-state index in [1.165, 1.54) is 12.8 Å². The molecular formula is C22H30N2O3. The highest BCUT2D eigenvalue weighted by Crippen LogP contribution is 2.46. The summed E-state index contributed by atoms with van der Waals surface area (Å²) in [6, 6.07) is 6.29. The summed E-state index contributed by atoms with van der Waals surface area (Å²) in [5, 5.41) is 0. The van der Waals surface area contributed by atoms with Crippen molar-refractivity contribution in [3.63, 3.8) is 0 Å². The highest BCUT2D eigenvalue weighted by atomic mass is 16.5. The number of carbonyl (C=O) groups is 1. The van der Waals surface area contributed by atoms with Crippen molar-refractivity contribution in [1.82, 2.24) is 9.80 Å². The van der Waals surface area contributed by atoms with Gasteiger partial charge in [-0.05, 0) is 69.8 Å². The van der Waals surface area contributed by atoms with Gasteiger partial charge in [-0.25, -0.2) is 0 Å². The molecule has 2 saturated carbocycles. The Morgan fingerprint density at radius 1 is 1.11 bits per heavy atom. The molecule has 0 radical (unpaired) electrons. The van der Waals surface area contributed by atoms with Crippen molar-refractivity contribution in [2.45, 2.75) is 37.8 Å². The number of terminal acetylenes is 1. The molecule has 2 fully saturated rings. The summed E-state index contributed by atoms with van der Waals surface area (Å²) in [7, 11) is 7.83. The fourth-order valence-corrected chi connectivity index (χ4v) is 4.70. The third kappa shape index (κ3) is 4.06. The average molecular weight is 370 g/mol. The molecule has 0 bridgehead atoms. The van der Waals surface area contributed by atoms with Crippen molar-refractivity contribution < 1.29 is 14.3 Å². The first-order valence-corrected chi connectivity index (χ1v) is 9.62. The van der Waals surface area contributed by atoms with E-state index in [2.05, 4.69) is 24.9 Å². The van der Waals surface area contributed by atoms with E-state index in [1.807, 2.05) is 11.9 Å². The Labute approximate surface area is 162 Å². The predicted octanol–water partition coefficient (Wildman–Crippen LogP) is 2.90. The second kappa shape index (κ2) is 8.22. The van der Waals surface area contributed by atoms with E-state index >= 15 is 0 Å². The Morgan fingerprint density at radius 3 is 2.30 bits per heavy atom. The van der Waals surface area contributed by atoms with Crippen molar-refractivity contribution >= 4 is 5.91 Å². The number of carbonyl (C=O) groups excluding carboxylic acids is 1. The van der Waals surface area contributed by atoms with Crippen molar-refractivity contribution in [2.75, 3.05) is 34.9 Å². The molecule has 0 saturated heterocycles. The van der Waals surface area contributed by atoms with Crippen LogP contribution in [0.2, 0.25) is 0 Å². The number of hydrogen-bond acceptors (Lipinski definition) is 4. The molecule has 27 heavy (non-hydrogen) atoms. The van der Waals surface area contributed by atoms with Crippen LogP contribution in [0.25, 0.3) is 0 Å². The van der Waals surface area contributed by atoms with Crippen LogP contribution in [-0.4, -0.2) is 62.7 Å². The maximum absolute atomic E-state index is 13.0.